The fraction of sp³-hybridized carbons (Fsp3) is 0.700. The smallest absolute Gasteiger partial charge is 0.234 e. The number of carbonyl (C=O) groups is 1. The molecule has 0 saturated carbocycles. The molecular formula is C10H20N2O. The molecule has 0 aromatic carbocycles. The predicted octanol–water partition coefficient (Wildman–Crippen LogP) is 1.02. The zero-order valence-corrected chi connectivity index (χ0v) is 8.68. The Balaban J connectivity index is 3.46. The summed E-state index contributed by atoms with van der Waals surface area (Å²) in [6.45, 7) is 7.70. The highest BCUT2D eigenvalue weighted by atomic mass is 16.1. The summed E-state index contributed by atoms with van der Waals surface area (Å²) in [5.74, 6) is 0.0681. The standard InChI is InChI=1S/C10H20N2O/c1-4-6-8-12(3)9-10(13)11-7-5-2/h5H,2,4,6-9H2,1,3H3,(H,11,13). The van der Waals surface area contributed by atoms with Crippen molar-refractivity contribution in [3.63, 3.8) is 0 Å². The topological polar surface area (TPSA) is 32.3 Å². The third-order valence-corrected chi connectivity index (χ3v) is 1.75. The highest BCUT2D eigenvalue weighted by Gasteiger charge is 2.03. The van der Waals surface area contributed by atoms with Gasteiger partial charge in [0.15, 0.2) is 0 Å². The molecule has 0 heterocycles. The number of nitrogens with zero attached hydrogens (tertiary/aromatic N) is 1. The number of carbonyl (C=O) groups excluding carboxylic acids is 1. The van der Waals surface area contributed by atoms with Gasteiger partial charge in [0.05, 0.1) is 6.54 Å². The molecule has 1 amide bonds. The molecular weight excluding hydrogens is 164 g/mol. The summed E-state index contributed by atoms with van der Waals surface area (Å²) < 4.78 is 0. The molecule has 1 N–H and O–H groups in total. The lowest BCUT2D eigenvalue weighted by Gasteiger charge is -2.14. The Kier molecular flexibility index (Phi) is 7.30. The van der Waals surface area contributed by atoms with E-state index in [0.717, 1.165) is 13.0 Å². The molecule has 3 heteroatoms. The quantitative estimate of drug-likeness (QED) is 0.599. The van der Waals surface area contributed by atoms with Gasteiger partial charge in [0, 0.05) is 6.54 Å². The molecule has 3 nitrogen and oxygen atoms in total. The second kappa shape index (κ2) is 7.80. The molecule has 0 saturated heterocycles. The van der Waals surface area contributed by atoms with Crippen molar-refractivity contribution in [3.05, 3.63) is 12.7 Å². The summed E-state index contributed by atoms with van der Waals surface area (Å²) in [5, 5.41) is 2.74. The average Bonchev–Trinajstić information content (AvgIpc) is 2.11. The Morgan fingerprint density at radius 3 is 2.85 bits per heavy atom. The van der Waals surface area contributed by atoms with Gasteiger partial charge in [0.2, 0.25) is 5.91 Å². The number of hydrogen-bond acceptors (Lipinski definition) is 2. The average molecular weight is 184 g/mol. The van der Waals surface area contributed by atoms with Gasteiger partial charge in [-0.1, -0.05) is 19.4 Å². The molecule has 0 radical (unpaired) electrons. The van der Waals surface area contributed by atoms with Crippen LogP contribution in [0.3, 0.4) is 0 Å². The van der Waals surface area contributed by atoms with Crippen LogP contribution in [0.1, 0.15) is 19.8 Å². The molecule has 0 spiro atoms. The molecule has 0 aromatic rings. The van der Waals surface area contributed by atoms with E-state index in [1.165, 1.54) is 6.42 Å². The first kappa shape index (κ1) is 12.2. The van der Waals surface area contributed by atoms with Gasteiger partial charge >= 0.3 is 0 Å². The van der Waals surface area contributed by atoms with Crippen molar-refractivity contribution < 1.29 is 4.79 Å². The van der Waals surface area contributed by atoms with Crippen LogP contribution in [0.4, 0.5) is 0 Å². The van der Waals surface area contributed by atoms with Crippen molar-refractivity contribution in [3.8, 4) is 0 Å². The third-order valence-electron chi connectivity index (χ3n) is 1.75. The Hall–Kier alpha value is -0.830. The Morgan fingerprint density at radius 2 is 2.31 bits per heavy atom. The van der Waals surface area contributed by atoms with Gasteiger partial charge in [-0.2, -0.15) is 0 Å². The Morgan fingerprint density at radius 1 is 1.62 bits per heavy atom. The maximum Gasteiger partial charge on any atom is 0.234 e. The maximum absolute atomic E-state index is 11.2. The van der Waals surface area contributed by atoms with Crippen LogP contribution in [0.5, 0.6) is 0 Å². The molecule has 0 aliphatic heterocycles. The van der Waals surface area contributed by atoms with E-state index < -0.39 is 0 Å². The molecule has 0 aliphatic carbocycles. The first-order chi connectivity index (χ1) is 6.20. The van der Waals surface area contributed by atoms with Gasteiger partial charge in [-0.25, -0.2) is 0 Å². The molecule has 13 heavy (non-hydrogen) atoms. The van der Waals surface area contributed by atoms with Crippen molar-refractivity contribution in [2.75, 3.05) is 26.7 Å². The van der Waals surface area contributed by atoms with E-state index in [4.69, 9.17) is 0 Å². The molecule has 76 valence electrons. The lowest BCUT2D eigenvalue weighted by molar-refractivity contribution is -0.121. The number of rotatable bonds is 7. The second-order valence-electron chi connectivity index (χ2n) is 3.18. The first-order valence-corrected chi connectivity index (χ1v) is 4.76. The molecule has 0 unspecified atom stereocenters. The van der Waals surface area contributed by atoms with Crippen LogP contribution in [-0.4, -0.2) is 37.5 Å². The Labute approximate surface area is 80.8 Å². The van der Waals surface area contributed by atoms with Crippen molar-refractivity contribution in [1.29, 1.82) is 0 Å². The number of hydrogen-bond donors (Lipinski definition) is 1. The van der Waals surface area contributed by atoms with Crippen molar-refractivity contribution in [2.45, 2.75) is 19.8 Å². The summed E-state index contributed by atoms with van der Waals surface area (Å²) in [6.07, 6.45) is 3.99. The highest BCUT2D eigenvalue weighted by Crippen LogP contribution is 1.90. The molecule has 0 bridgehead atoms. The van der Waals surface area contributed by atoms with Crippen LogP contribution in [0, 0.1) is 0 Å². The number of nitrogens with one attached hydrogen (secondary N) is 1. The van der Waals surface area contributed by atoms with Crippen LogP contribution >= 0.6 is 0 Å². The minimum absolute atomic E-state index is 0.0681. The fourth-order valence-electron chi connectivity index (χ4n) is 0.994. The molecule has 0 atom stereocenters. The SMILES string of the molecule is C=CCNC(=O)CN(C)CCCC. The zero-order chi connectivity index (χ0) is 10.1. The van der Waals surface area contributed by atoms with Crippen molar-refractivity contribution in [2.24, 2.45) is 0 Å². The Bertz CT molecular complexity index is 157. The number of amides is 1. The lowest BCUT2D eigenvalue weighted by Crippen LogP contribution is -2.35. The summed E-state index contributed by atoms with van der Waals surface area (Å²) in [5.41, 5.74) is 0. The van der Waals surface area contributed by atoms with Crippen molar-refractivity contribution in [1.82, 2.24) is 10.2 Å². The highest BCUT2D eigenvalue weighted by molar-refractivity contribution is 5.78. The summed E-state index contributed by atoms with van der Waals surface area (Å²) in [7, 11) is 1.96. The fourth-order valence-corrected chi connectivity index (χ4v) is 0.994. The van der Waals surface area contributed by atoms with Crippen LogP contribution in [0.25, 0.3) is 0 Å². The first-order valence-electron chi connectivity index (χ1n) is 4.76. The third kappa shape index (κ3) is 7.53. The van der Waals surface area contributed by atoms with Crippen LogP contribution in [0.2, 0.25) is 0 Å². The summed E-state index contributed by atoms with van der Waals surface area (Å²) in [6, 6.07) is 0. The van der Waals surface area contributed by atoms with E-state index in [0.29, 0.717) is 13.1 Å². The van der Waals surface area contributed by atoms with E-state index in [9.17, 15) is 4.79 Å². The van der Waals surface area contributed by atoms with Gasteiger partial charge < -0.3 is 5.32 Å². The minimum atomic E-state index is 0.0681. The minimum Gasteiger partial charge on any atom is -0.352 e. The van der Waals surface area contributed by atoms with Gasteiger partial charge in [0.1, 0.15) is 0 Å². The molecule has 0 aromatic heterocycles. The normalized spacial score (nSPS) is 10.1. The molecule has 0 aliphatic rings. The largest absolute Gasteiger partial charge is 0.352 e. The summed E-state index contributed by atoms with van der Waals surface area (Å²) >= 11 is 0. The predicted molar refractivity (Wildman–Crippen MR) is 55.6 cm³/mol. The second-order valence-corrected chi connectivity index (χ2v) is 3.18. The van der Waals surface area contributed by atoms with Gasteiger partial charge in [-0.15, -0.1) is 6.58 Å². The zero-order valence-electron chi connectivity index (χ0n) is 8.68. The van der Waals surface area contributed by atoms with E-state index in [1.54, 1.807) is 6.08 Å². The molecule has 0 rings (SSSR count). The lowest BCUT2D eigenvalue weighted by atomic mass is 10.3. The van der Waals surface area contributed by atoms with Gasteiger partial charge in [-0.3, -0.25) is 9.69 Å². The number of unbranched alkanes of at least 4 members (excludes halogenated alkanes) is 1. The van der Waals surface area contributed by atoms with E-state index in [-0.39, 0.29) is 5.91 Å². The van der Waals surface area contributed by atoms with E-state index in [2.05, 4.69) is 18.8 Å². The van der Waals surface area contributed by atoms with Gasteiger partial charge in [0.25, 0.3) is 0 Å². The van der Waals surface area contributed by atoms with Crippen LogP contribution in [-0.2, 0) is 4.79 Å². The maximum atomic E-state index is 11.2. The van der Waals surface area contributed by atoms with E-state index >= 15 is 0 Å². The van der Waals surface area contributed by atoms with E-state index in [1.807, 2.05) is 11.9 Å². The van der Waals surface area contributed by atoms with Crippen molar-refractivity contribution >= 4 is 5.91 Å². The van der Waals surface area contributed by atoms with Gasteiger partial charge in [-0.05, 0) is 20.0 Å². The van der Waals surface area contributed by atoms with Crippen LogP contribution < -0.4 is 5.32 Å². The summed E-state index contributed by atoms with van der Waals surface area (Å²) in [4.78, 5) is 13.2. The molecule has 0 fully saturated rings. The number of likely N-dealkylation sites (N-methyl/N-ethyl adjacent to an activating group) is 1. The monoisotopic (exact) mass is 184 g/mol. The van der Waals surface area contributed by atoms with Crippen LogP contribution in [0.15, 0.2) is 12.7 Å².